The molecule has 7 nitrogen and oxygen atoms in total. The highest BCUT2D eigenvalue weighted by Gasteiger charge is 2.16. The van der Waals surface area contributed by atoms with E-state index in [1.807, 2.05) is 42.7 Å². The van der Waals surface area contributed by atoms with Gasteiger partial charge < -0.3 is 14.4 Å². The predicted octanol–water partition coefficient (Wildman–Crippen LogP) is 3.06. The molecule has 1 amide bonds. The molecule has 0 saturated heterocycles. The van der Waals surface area contributed by atoms with Crippen molar-refractivity contribution in [1.29, 1.82) is 0 Å². The van der Waals surface area contributed by atoms with Crippen LogP contribution in [0.25, 0.3) is 5.69 Å². The van der Waals surface area contributed by atoms with E-state index in [4.69, 9.17) is 4.74 Å². The number of aromatic nitrogens is 1. The van der Waals surface area contributed by atoms with Crippen LogP contribution in [0.4, 0.5) is 0 Å². The van der Waals surface area contributed by atoms with E-state index in [1.54, 1.807) is 36.4 Å². The average Bonchev–Trinajstić information content (AvgIpc) is 3.06. The first-order chi connectivity index (χ1) is 14.4. The number of rotatable bonds is 6. The summed E-state index contributed by atoms with van der Waals surface area (Å²) in [5.74, 6) is -0.992. The van der Waals surface area contributed by atoms with Crippen molar-refractivity contribution in [2.75, 3.05) is 7.11 Å². The second-order valence-corrected chi connectivity index (χ2v) is 6.75. The highest BCUT2D eigenvalue weighted by Crippen LogP contribution is 2.20. The first kappa shape index (κ1) is 21.0. The Hall–Kier alpha value is -3.71. The number of nitrogens with one attached hydrogen (secondary N) is 1. The van der Waals surface area contributed by atoms with Gasteiger partial charge in [0, 0.05) is 22.6 Å². The molecule has 30 heavy (non-hydrogen) atoms. The molecule has 7 heteroatoms. The zero-order valence-corrected chi connectivity index (χ0v) is 17.0. The van der Waals surface area contributed by atoms with Gasteiger partial charge >= 0.3 is 5.97 Å². The Morgan fingerprint density at radius 1 is 1.10 bits per heavy atom. The minimum Gasteiger partial charge on any atom is -0.465 e. The molecule has 0 aliphatic heterocycles. The number of nitrogens with zero attached hydrogens (tertiary/aromatic N) is 2. The molecule has 0 bridgehead atoms. The number of aryl methyl sites for hydroxylation is 1. The van der Waals surface area contributed by atoms with Gasteiger partial charge in [0.25, 0.3) is 5.91 Å². The van der Waals surface area contributed by atoms with Gasteiger partial charge in [0.1, 0.15) is 0 Å². The van der Waals surface area contributed by atoms with Gasteiger partial charge in [-0.1, -0.05) is 30.3 Å². The molecule has 0 aliphatic carbocycles. The molecule has 0 fully saturated rings. The molecule has 154 valence electrons. The molecule has 0 radical (unpaired) electrons. The van der Waals surface area contributed by atoms with E-state index < -0.39 is 12.0 Å². The molecule has 0 unspecified atom stereocenters. The third kappa shape index (κ3) is 4.47. The number of hydrazone groups is 1. The van der Waals surface area contributed by atoms with Gasteiger partial charge in [0.15, 0.2) is 6.10 Å². The summed E-state index contributed by atoms with van der Waals surface area (Å²) >= 11 is 0. The fraction of sp³-hybridized carbons (Fsp3) is 0.174. The molecular formula is C23H23N3O4. The minimum atomic E-state index is -1.29. The van der Waals surface area contributed by atoms with Gasteiger partial charge in [-0.05, 0) is 49.7 Å². The monoisotopic (exact) mass is 405 g/mol. The average molecular weight is 405 g/mol. The number of carbonyl (C=O) groups excluding carboxylic acids is 2. The van der Waals surface area contributed by atoms with Crippen LogP contribution in [0.5, 0.6) is 0 Å². The summed E-state index contributed by atoms with van der Waals surface area (Å²) in [5, 5.41) is 14.1. The lowest BCUT2D eigenvalue weighted by Crippen LogP contribution is -2.25. The number of hydrogen-bond acceptors (Lipinski definition) is 5. The van der Waals surface area contributed by atoms with Crippen LogP contribution < -0.4 is 5.43 Å². The summed E-state index contributed by atoms with van der Waals surface area (Å²) in [6, 6.07) is 17.7. The van der Waals surface area contributed by atoms with Crippen molar-refractivity contribution < 1.29 is 19.4 Å². The Labute approximate surface area is 174 Å². The fourth-order valence-electron chi connectivity index (χ4n) is 3.19. The largest absolute Gasteiger partial charge is 0.465 e. The maximum absolute atomic E-state index is 12.1. The Kier molecular flexibility index (Phi) is 6.44. The molecular weight excluding hydrogens is 382 g/mol. The van der Waals surface area contributed by atoms with Gasteiger partial charge in [-0.2, -0.15) is 5.10 Å². The van der Waals surface area contributed by atoms with E-state index in [1.165, 1.54) is 13.3 Å². The quantitative estimate of drug-likeness (QED) is 0.374. The van der Waals surface area contributed by atoms with Crippen LogP contribution in [-0.4, -0.2) is 34.9 Å². The summed E-state index contributed by atoms with van der Waals surface area (Å²) in [4.78, 5) is 23.7. The SMILES string of the molecule is COC(=O)c1ccc(-n2c(C)cc(/C=N\NC(=O)[C@@H](O)c3ccccc3)c2C)cc1. The molecule has 2 N–H and O–H groups in total. The van der Waals surface area contributed by atoms with E-state index >= 15 is 0 Å². The number of amides is 1. The number of hydrogen-bond donors (Lipinski definition) is 2. The molecule has 1 aromatic heterocycles. The van der Waals surface area contributed by atoms with E-state index in [-0.39, 0.29) is 5.97 Å². The van der Waals surface area contributed by atoms with Gasteiger partial charge in [0.2, 0.25) is 0 Å². The van der Waals surface area contributed by atoms with Crippen molar-refractivity contribution >= 4 is 18.1 Å². The van der Waals surface area contributed by atoms with Crippen LogP contribution in [-0.2, 0) is 9.53 Å². The zero-order chi connectivity index (χ0) is 21.7. The smallest absolute Gasteiger partial charge is 0.337 e. The maximum Gasteiger partial charge on any atom is 0.337 e. The van der Waals surface area contributed by atoms with Crippen LogP contribution in [0.2, 0.25) is 0 Å². The van der Waals surface area contributed by atoms with Crippen molar-refractivity contribution in [3.8, 4) is 5.69 Å². The highest BCUT2D eigenvalue weighted by molar-refractivity contribution is 5.89. The lowest BCUT2D eigenvalue weighted by atomic mass is 10.1. The minimum absolute atomic E-state index is 0.385. The van der Waals surface area contributed by atoms with Crippen LogP contribution in [0.15, 0.2) is 65.8 Å². The summed E-state index contributed by atoms with van der Waals surface area (Å²) in [7, 11) is 1.35. The Bertz CT molecular complexity index is 1070. The van der Waals surface area contributed by atoms with Crippen LogP contribution in [0, 0.1) is 13.8 Å². The number of benzene rings is 2. The normalized spacial score (nSPS) is 12.0. The van der Waals surface area contributed by atoms with Crippen molar-refractivity contribution in [3.05, 3.63) is 88.7 Å². The lowest BCUT2D eigenvalue weighted by Gasteiger charge is -2.10. The molecule has 0 aliphatic rings. The van der Waals surface area contributed by atoms with Crippen LogP contribution in [0.3, 0.4) is 0 Å². The molecule has 3 aromatic rings. The third-order valence-electron chi connectivity index (χ3n) is 4.76. The summed E-state index contributed by atoms with van der Waals surface area (Å²) in [6.07, 6.45) is 0.251. The summed E-state index contributed by atoms with van der Waals surface area (Å²) in [5.41, 5.74) is 6.94. The molecule has 3 rings (SSSR count). The number of methoxy groups -OCH3 is 1. The number of aliphatic hydroxyl groups is 1. The number of aliphatic hydroxyl groups excluding tert-OH is 1. The summed E-state index contributed by atoms with van der Waals surface area (Å²) < 4.78 is 6.74. The highest BCUT2D eigenvalue weighted by atomic mass is 16.5. The van der Waals surface area contributed by atoms with Crippen molar-refractivity contribution in [3.63, 3.8) is 0 Å². The summed E-state index contributed by atoms with van der Waals surface area (Å²) in [6.45, 7) is 3.89. The first-order valence-electron chi connectivity index (χ1n) is 9.36. The van der Waals surface area contributed by atoms with Crippen molar-refractivity contribution in [2.24, 2.45) is 5.10 Å². The molecule has 0 spiro atoms. The second-order valence-electron chi connectivity index (χ2n) is 6.75. The number of esters is 1. The lowest BCUT2D eigenvalue weighted by molar-refractivity contribution is -0.129. The van der Waals surface area contributed by atoms with E-state index in [0.717, 1.165) is 22.6 Å². The van der Waals surface area contributed by atoms with Gasteiger partial charge in [-0.15, -0.1) is 0 Å². The zero-order valence-electron chi connectivity index (χ0n) is 17.0. The molecule has 0 saturated carbocycles. The Balaban J connectivity index is 1.74. The standard InChI is InChI=1S/C23H23N3O4/c1-15-13-19(14-24-25-22(28)21(27)17-7-5-4-6-8-17)16(2)26(15)20-11-9-18(10-12-20)23(29)30-3/h4-14,21,27H,1-3H3,(H,25,28)/b24-14-/t21-/m0/s1. The van der Waals surface area contributed by atoms with E-state index in [9.17, 15) is 14.7 Å². The Morgan fingerprint density at radius 3 is 2.40 bits per heavy atom. The maximum atomic E-state index is 12.1. The molecule has 1 atom stereocenters. The topological polar surface area (TPSA) is 92.9 Å². The van der Waals surface area contributed by atoms with Crippen LogP contribution >= 0.6 is 0 Å². The van der Waals surface area contributed by atoms with Gasteiger partial charge in [-0.25, -0.2) is 10.2 Å². The molecule has 2 aromatic carbocycles. The predicted molar refractivity (Wildman–Crippen MR) is 114 cm³/mol. The second kappa shape index (κ2) is 9.19. The van der Waals surface area contributed by atoms with Gasteiger partial charge in [0.05, 0.1) is 18.9 Å². The Morgan fingerprint density at radius 2 is 1.77 bits per heavy atom. The third-order valence-corrected chi connectivity index (χ3v) is 4.76. The van der Waals surface area contributed by atoms with Crippen molar-refractivity contribution in [2.45, 2.75) is 20.0 Å². The first-order valence-corrected chi connectivity index (χ1v) is 9.36. The van der Waals surface area contributed by atoms with E-state index in [2.05, 4.69) is 10.5 Å². The van der Waals surface area contributed by atoms with E-state index in [0.29, 0.717) is 11.1 Å². The van der Waals surface area contributed by atoms with Crippen LogP contribution in [0.1, 0.15) is 39.0 Å². The van der Waals surface area contributed by atoms with Gasteiger partial charge in [-0.3, -0.25) is 4.79 Å². The fourth-order valence-corrected chi connectivity index (χ4v) is 3.19. The molecule has 1 heterocycles. The number of carbonyl (C=O) groups is 2. The number of ether oxygens (including phenoxy) is 1. The van der Waals surface area contributed by atoms with Crippen molar-refractivity contribution in [1.82, 2.24) is 9.99 Å².